The molecule has 1 heterocycles. The van der Waals surface area contributed by atoms with Gasteiger partial charge in [0.05, 0.1) is 36.4 Å². The van der Waals surface area contributed by atoms with Gasteiger partial charge in [0.15, 0.2) is 0 Å². The highest BCUT2D eigenvalue weighted by Gasteiger charge is 2.36. The summed E-state index contributed by atoms with van der Waals surface area (Å²) in [5.74, 6) is 0.136. The smallest absolute Gasteiger partial charge is 0.341 e. The van der Waals surface area contributed by atoms with Crippen molar-refractivity contribution in [2.75, 3.05) is 20.3 Å². The van der Waals surface area contributed by atoms with E-state index in [0.29, 0.717) is 34.9 Å². The fourth-order valence-corrected chi connectivity index (χ4v) is 3.89. The lowest BCUT2D eigenvalue weighted by atomic mass is 10.0. The molecular weight excluding hydrogens is 406 g/mol. The predicted octanol–water partition coefficient (Wildman–Crippen LogP) is 4.13. The molecule has 1 aliphatic carbocycles. The normalized spacial score (nSPS) is 16.5. The lowest BCUT2D eigenvalue weighted by Crippen LogP contribution is -2.16. The van der Waals surface area contributed by atoms with E-state index in [2.05, 4.69) is 22.1 Å². The molecule has 1 aliphatic heterocycles. The molecule has 32 heavy (non-hydrogen) atoms. The van der Waals surface area contributed by atoms with Crippen molar-refractivity contribution < 1.29 is 19.5 Å². The molecule has 7 nitrogen and oxygen atoms in total. The number of aliphatic imine (C=N–C) groups is 2. The molecule has 0 saturated carbocycles. The first-order valence-electron chi connectivity index (χ1n) is 10.6. The van der Waals surface area contributed by atoms with E-state index in [1.807, 2.05) is 36.4 Å². The van der Waals surface area contributed by atoms with Gasteiger partial charge < -0.3 is 9.47 Å². The highest BCUT2D eigenvalue weighted by atomic mass is 16.5. The van der Waals surface area contributed by atoms with Gasteiger partial charge in [-0.25, -0.2) is 14.8 Å². The molecule has 0 bridgehead atoms. The molecule has 0 amide bonds. The van der Waals surface area contributed by atoms with Gasteiger partial charge in [-0.05, 0) is 49.1 Å². The van der Waals surface area contributed by atoms with Crippen molar-refractivity contribution in [2.24, 2.45) is 9.98 Å². The molecule has 0 spiro atoms. The first-order chi connectivity index (χ1) is 15.6. The summed E-state index contributed by atoms with van der Waals surface area (Å²) in [7, 11) is 1.48. The highest BCUT2D eigenvalue weighted by Crippen LogP contribution is 2.45. The van der Waals surface area contributed by atoms with Crippen molar-refractivity contribution in [3.63, 3.8) is 0 Å². The number of aryl methyl sites for hydroxylation is 1. The Morgan fingerprint density at radius 1 is 1.12 bits per heavy atom. The number of carbonyl (C=O) groups excluding carboxylic acids is 1. The quantitative estimate of drug-likeness (QED) is 0.386. The molecule has 0 fully saturated rings. The van der Waals surface area contributed by atoms with Gasteiger partial charge in [-0.3, -0.25) is 10.3 Å². The summed E-state index contributed by atoms with van der Waals surface area (Å²) in [4.78, 5) is 21.2. The maximum absolute atomic E-state index is 12.8. The second-order valence-corrected chi connectivity index (χ2v) is 7.40. The van der Waals surface area contributed by atoms with Crippen LogP contribution in [0.25, 0.3) is 11.3 Å². The minimum atomic E-state index is -0.525. The Hall–Kier alpha value is -3.71. The van der Waals surface area contributed by atoms with Crippen molar-refractivity contribution in [3.8, 4) is 5.75 Å². The van der Waals surface area contributed by atoms with Crippen molar-refractivity contribution in [1.82, 2.24) is 5.06 Å². The molecule has 0 radical (unpaired) electrons. The van der Waals surface area contributed by atoms with Gasteiger partial charge in [-0.15, -0.1) is 0 Å². The van der Waals surface area contributed by atoms with Gasteiger partial charge in [0, 0.05) is 18.2 Å². The van der Waals surface area contributed by atoms with Gasteiger partial charge in [-0.2, -0.15) is 0 Å². The van der Waals surface area contributed by atoms with Crippen molar-refractivity contribution in [2.45, 2.75) is 19.8 Å². The second kappa shape index (κ2) is 9.62. The van der Waals surface area contributed by atoms with E-state index in [0.717, 1.165) is 23.5 Å². The number of ether oxygens (including phenoxy) is 2. The summed E-state index contributed by atoms with van der Waals surface area (Å²) in [5, 5.41) is 11.3. The molecule has 2 aromatic rings. The molecule has 0 atom stereocenters. The molecule has 1 N–H and O–H groups in total. The van der Waals surface area contributed by atoms with Crippen molar-refractivity contribution >= 4 is 29.8 Å². The summed E-state index contributed by atoms with van der Waals surface area (Å²) < 4.78 is 11.3. The fraction of sp³-hybridized carbons (Fsp3) is 0.240. The number of hydrogen-bond donors (Lipinski definition) is 1. The van der Waals surface area contributed by atoms with E-state index < -0.39 is 5.97 Å². The Balaban J connectivity index is 1.63. The van der Waals surface area contributed by atoms with Crippen LogP contribution in [0.15, 0.2) is 69.8 Å². The van der Waals surface area contributed by atoms with Crippen LogP contribution in [-0.4, -0.2) is 49.1 Å². The van der Waals surface area contributed by atoms with Gasteiger partial charge in [0.1, 0.15) is 12.1 Å². The third-order valence-corrected chi connectivity index (χ3v) is 5.24. The molecule has 4 rings (SSSR count). The minimum absolute atomic E-state index is 0.219. The van der Waals surface area contributed by atoms with Gasteiger partial charge in [-0.1, -0.05) is 30.3 Å². The zero-order valence-electron chi connectivity index (χ0n) is 18.1. The summed E-state index contributed by atoms with van der Waals surface area (Å²) >= 11 is 0. The van der Waals surface area contributed by atoms with E-state index in [4.69, 9.17) is 9.47 Å². The number of fused-ring (bicyclic) bond motifs is 1. The van der Waals surface area contributed by atoms with Crippen molar-refractivity contribution in [3.05, 3.63) is 76.5 Å². The predicted molar refractivity (Wildman–Crippen MR) is 124 cm³/mol. The standard InChI is InChI=1S/C25H25N3O4/c1-3-31-25(29)23-22(21-15-26-16-27-21)19-12-11-18(14-20(19)24(23)28(2)30)32-13-7-10-17-8-5-4-6-9-17/h4-6,8-9,11-12,14-16,30H,3,7,10,13H2,1-2H3. The molecule has 2 aromatic carbocycles. The summed E-state index contributed by atoms with van der Waals surface area (Å²) in [6, 6.07) is 15.8. The summed E-state index contributed by atoms with van der Waals surface area (Å²) in [6.45, 7) is 2.51. The maximum Gasteiger partial charge on any atom is 0.341 e. The van der Waals surface area contributed by atoms with Crippen LogP contribution >= 0.6 is 0 Å². The third-order valence-electron chi connectivity index (χ3n) is 5.24. The molecular formula is C25H25N3O4. The Morgan fingerprint density at radius 2 is 1.94 bits per heavy atom. The topological polar surface area (TPSA) is 83.7 Å². The van der Waals surface area contributed by atoms with E-state index in [9.17, 15) is 10.0 Å². The SMILES string of the molecule is CCOC(=O)C1=C(N(C)O)c2cc(OCCCc3ccccc3)ccc2C1=C1C=NC=N1. The van der Waals surface area contributed by atoms with Gasteiger partial charge >= 0.3 is 5.97 Å². The number of benzene rings is 2. The number of nitrogens with zero attached hydrogens (tertiary/aromatic N) is 3. The lowest BCUT2D eigenvalue weighted by molar-refractivity contribution is -0.138. The number of allylic oxidation sites excluding steroid dienone is 1. The first kappa shape index (κ1) is 21.5. The number of hydrogen-bond acceptors (Lipinski definition) is 7. The number of carbonyl (C=O) groups is 1. The van der Waals surface area contributed by atoms with Crippen LogP contribution in [0.1, 0.15) is 30.0 Å². The largest absolute Gasteiger partial charge is 0.494 e. The Kier molecular flexibility index (Phi) is 6.47. The number of hydroxylamine groups is 2. The van der Waals surface area contributed by atoms with Crippen LogP contribution in [0.3, 0.4) is 0 Å². The Bertz CT molecular complexity index is 1120. The average molecular weight is 431 g/mol. The fourth-order valence-electron chi connectivity index (χ4n) is 3.89. The minimum Gasteiger partial charge on any atom is -0.494 e. The Morgan fingerprint density at radius 3 is 2.62 bits per heavy atom. The lowest BCUT2D eigenvalue weighted by Gasteiger charge is -2.16. The van der Waals surface area contributed by atoms with E-state index in [1.165, 1.54) is 18.9 Å². The average Bonchev–Trinajstić information content (AvgIpc) is 3.43. The van der Waals surface area contributed by atoms with Crippen LogP contribution in [0.4, 0.5) is 0 Å². The summed E-state index contributed by atoms with van der Waals surface area (Å²) in [5.41, 5.74) is 4.45. The van der Waals surface area contributed by atoms with Crippen molar-refractivity contribution in [1.29, 1.82) is 0 Å². The molecule has 0 aromatic heterocycles. The van der Waals surface area contributed by atoms with E-state index in [-0.39, 0.29) is 12.2 Å². The number of rotatable bonds is 8. The molecule has 2 aliphatic rings. The molecule has 0 saturated heterocycles. The zero-order chi connectivity index (χ0) is 22.5. The van der Waals surface area contributed by atoms with Gasteiger partial charge in [0.2, 0.25) is 0 Å². The third kappa shape index (κ3) is 4.33. The first-order valence-corrected chi connectivity index (χ1v) is 10.6. The van der Waals surface area contributed by atoms with E-state index >= 15 is 0 Å². The number of esters is 1. The molecule has 7 heteroatoms. The highest BCUT2D eigenvalue weighted by molar-refractivity contribution is 6.21. The van der Waals surface area contributed by atoms with E-state index in [1.54, 1.807) is 13.1 Å². The second-order valence-electron chi connectivity index (χ2n) is 7.40. The van der Waals surface area contributed by atoms with Crippen LogP contribution in [0.5, 0.6) is 5.75 Å². The van der Waals surface area contributed by atoms with Crippen LogP contribution < -0.4 is 4.74 Å². The summed E-state index contributed by atoms with van der Waals surface area (Å²) in [6.07, 6.45) is 4.82. The van der Waals surface area contributed by atoms with Crippen LogP contribution in [-0.2, 0) is 16.0 Å². The zero-order valence-corrected chi connectivity index (χ0v) is 18.1. The van der Waals surface area contributed by atoms with Crippen LogP contribution in [0, 0.1) is 0 Å². The molecule has 0 unspecified atom stereocenters. The maximum atomic E-state index is 12.8. The van der Waals surface area contributed by atoms with Crippen LogP contribution in [0.2, 0.25) is 0 Å². The monoisotopic (exact) mass is 431 g/mol. The van der Waals surface area contributed by atoms with Gasteiger partial charge in [0.25, 0.3) is 0 Å². The Labute approximate surface area is 187 Å². The molecule has 164 valence electrons.